The fourth-order valence-electron chi connectivity index (χ4n) is 2.21. The third-order valence-corrected chi connectivity index (χ3v) is 3.30. The van der Waals surface area contributed by atoms with Gasteiger partial charge in [0.1, 0.15) is 5.82 Å². The number of H-pyrrole nitrogens is 1. The van der Waals surface area contributed by atoms with Crippen LogP contribution in [0.2, 0.25) is 0 Å². The fraction of sp³-hybridized carbons (Fsp3) is 0.267. The average Bonchev–Trinajstić information content (AvgIpc) is 2.45. The van der Waals surface area contributed by atoms with Gasteiger partial charge in [-0.25, -0.2) is 4.39 Å². The van der Waals surface area contributed by atoms with Crippen molar-refractivity contribution in [1.29, 1.82) is 0 Å². The molecule has 1 amide bonds. The molecule has 0 aliphatic rings. The number of aromatic nitrogens is 1. The molecule has 22 heavy (non-hydrogen) atoms. The van der Waals surface area contributed by atoms with Gasteiger partial charge in [0.05, 0.1) is 17.5 Å². The first-order valence-electron chi connectivity index (χ1n) is 6.76. The Morgan fingerprint density at radius 1 is 1.32 bits per heavy atom. The van der Waals surface area contributed by atoms with Crippen molar-refractivity contribution in [3.63, 3.8) is 0 Å². The number of hydrogen-bond acceptors (Lipinski definition) is 3. The second kappa shape index (κ2) is 6.38. The summed E-state index contributed by atoms with van der Waals surface area (Å²) in [6, 6.07) is 4.90. The van der Waals surface area contributed by atoms with Crippen molar-refractivity contribution in [2.24, 2.45) is 0 Å². The first-order chi connectivity index (χ1) is 10.4. The lowest BCUT2D eigenvalue weighted by Crippen LogP contribution is -2.33. The smallest absolute Gasteiger partial charge is 0.305 e. The summed E-state index contributed by atoms with van der Waals surface area (Å²) >= 11 is 0. The van der Waals surface area contributed by atoms with Gasteiger partial charge in [-0.05, 0) is 25.1 Å². The van der Waals surface area contributed by atoms with E-state index >= 15 is 0 Å². The van der Waals surface area contributed by atoms with Gasteiger partial charge in [0.25, 0.3) is 5.91 Å². The van der Waals surface area contributed by atoms with Crippen LogP contribution >= 0.6 is 0 Å². The number of fused-ring (bicyclic) bond motifs is 1. The molecule has 1 aromatic carbocycles. The predicted molar refractivity (Wildman–Crippen MR) is 78.4 cm³/mol. The number of amides is 1. The molecule has 0 aliphatic heterocycles. The maximum Gasteiger partial charge on any atom is 0.305 e. The van der Waals surface area contributed by atoms with Crippen LogP contribution in [0.3, 0.4) is 0 Å². The highest BCUT2D eigenvalue weighted by atomic mass is 19.1. The highest BCUT2D eigenvalue weighted by Gasteiger charge is 2.18. The first kappa shape index (κ1) is 15.7. The molecule has 116 valence electrons. The van der Waals surface area contributed by atoms with Crippen LogP contribution < -0.4 is 5.56 Å². The maximum absolute atomic E-state index is 13.3. The molecule has 2 rings (SSSR count). The molecule has 7 heteroatoms. The van der Waals surface area contributed by atoms with Gasteiger partial charge in [0, 0.05) is 24.5 Å². The van der Waals surface area contributed by atoms with Gasteiger partial charge in [-0.15, -0.1) is 0 Å². The molecule has 0 saturated carbocycles. The normalized spacial score (nSPS) is 10.6. The number of halogens is 1. The number of carboxylic acids is 1. The third-order valence-electron chi connectivity index (χ3n) is 3.30. The van der Waals surface area contributed by atoms with Gasteiger partial charge in [-0.1, -0.05) is 0 Å². The Hall–Kier alpha value is -2.70. The number of carboxylic acid groups (broad SMARTS) is 1. The number of hydrogen-bond donors (Lipinski definition) is 2. The molecule has 0 atom stereocenters. The van der Waals surface area contributed by atoms with E-state index in [-0.39, 0.29) is 24.0 Å². The van der Waals surface area contributed by atoms with E-state index in [1.165, 1.54) is 17.0 Å². The van der Waals surface area contributed by atoms with Crippen molar-refractivity contribution < 1.29 is 19.1 Å². The summed E-state index contributed by atoms with van der Waals surface area (Å²) in [6.45, 7) is 2.07. The second-order valence-electron chi connectivity index (χ2n) is 4.77. The van der Waals surface area contributed by atoms with E-state index in [0.29, 0.717) is 11.9 Å². The van der Waals surface area contributed by atoms with E-state index in [2.05, 4.69) is 4.98 Å². The zero-order valence-corrected chi connectivity index (χ0v) is 11.9. The van der Waals surface area contributed by atoms with E-state index in [0.717, 1.165) is 12.1 Å². The molecule has 1 aromatic heterocycles. The van der Waals surface area contributed by atoms with Crippen LogP contribution in [0.5, 0.6) is 0 Å². The summed E-state index contributed by atoms with van der Waals surface area (Å²) in [6.07, 6.45) is -0.185. The highest BCUT2D eigenvalue weighted by molar-refractivity contribution is 6.06. The van der Waals surface area contributed by atoms with Gasteiger partial charge in [-0.3, -0.25) is 14.4 Å². The molecule has 0 aliphatic carbocycles. The Morgan fingerprint density at radius 3 is 2.68 bits per heavy atom. The molecule has 1 heterocycles. The van der Waals surface area contributed by atoms with Crippen LogP contribution in [-0.4, -0.2) is 40.0 Å². The number of carbonyl (C=O) groups excluding carboxylic acids is 1. The molecular weight excluding hydrogens is 291 g/mol. The van der Waals surface area contributed by atoms with Crippen LogP contribution in [0, 0.1) is 5.82 Å². The van der Waals surface area contributed by atoms with Crippen LogP contribution in [0.15, 0.2) is 29.1 Å². The number of aliphatic carboxylic acids is 1. The van der Waals surface area contributed by atoms with E-state index in [1.807, 2.05) is 0 Å². The Kier molecular flexibility index (Phi) is 4.55. The van der Waals surface area contributed by atoms with Gasteiger partial charge < -0.3 is 15.0 Å². The van der Waals surface area contributed by atoms with Crippen molar-refractivity contribution in [3.8, 4) is 0 Å². The van der Waals surface area contributed by atoms with E-state index in [1.54, 1.807) is 6.92 Å². The molecule has 0 spiro atoms. The SMILES string of the molecule is CCN(CCC(=O)O)C(=O)c1cc(=O)[nH]c2cc(F)ccc12. The van der Waals surface area contributed by atoms with Crippen molar-refractivity contribution in [3.05, 3.63) is 46.0 Å². The monoisotopic (exact) mass is 306 g/mol. The van der Waals surface area contributed by atoms with E-state index < -0.39 is 23.3 Å². The van der Waals surface area contributed by atoms with Crippen molar-refractivity contribution in [1.82, 2.24) is 9.88 Å². The lowest BCUT2D eigenvalue weighted by atomic mass is 10.1. The zero-order valence-electron chi connectivity index (χ0n) is 11.9. The molecule has 2 aromatic rings. The molecule has 0 fully saturated rings. The van der Waals surface area contributed by atoms with Crippen LogP contribution in [-0.2, 0) is 4.79 Å². The number of benzene rings is 1. The van der Waals surface area contributed by atoms with Crippen LogP contribution in [0.1, 0.15) is 23.7 Å². The Morgan fingerprint density at radius 2 is 2.05 bits per heavy atom. The van der Waals surface area contributed by atoms with Gasteiger partial charge in [0.15, 0.2) is 0 Å². The molecule has 0 bridgehead atoms. The number of rotatable bonds is 5. The van der Waals surface area contributed by atoms with Gasteiger partial charge >= 0.3 is 5.97 Å². The first-order valence-corrected chi connectivity index (χ1v) is 6.76. The predicted octanol–water partition coefficient (Wildman–Crippen LogP) is 1.60. The molecule has 2 N–H and O–H groups in total. The maximum atomic E-state index is 13.3. The van der Waals surface area contributed by atoms with E-state index in [9.17, 15) is 18.8 Å². The average molecular weight is 306 g/mol. The lowest BCUT2D eigenvalue weighted by Gasteiger charge is -2.20. The Labute approximate surface area is 125 Å². The number of aromatic amines is 1. The Bertz CT molecular complexity index is 785. The minimum atomic E-state index is -1.01. The fourth-order valence-corrected chi connectivity index (χ4v) is 2.21. The molecule has 0 radical (unpaired) electrons. The summed E-state index contributed by atoms with van der Waals surface area (Å²) in [7, 11) is 0. The summed E-state index contributed by atoms with van der Waals surface area (Å²) in [5, 5.41) is 9.14. The molecular formula is C15H15FN2O4. The van der Waals surface area contributed by atoms with E-state index in [4.69, 9.17) is 5.11 Å². The summed E-state index contributed by atoms with van der Waals surface area (Å²) in [4.78, 5) is 38.6. The number of carbonyl (C=O) groups is 2. The lowest BCUT2D eigenvalue weighted by molar-refractivity contribution is -0.137. The Balaban J connectivity index is 2.46. The van der Waals surface area contributed by atoms with Crippen LogP contribution in [0.4, 0.5) is 4.39 Å². The van der Waals surface area contributed by atoms with Crippen LogP contribution in [0.25, 0.3) is 10.9 Å². The highest BCUT2D eigenvalue weighted by Crippen LogP contribution is 2.18. The number of nitrogens with zero attached hydrogens (tertiary/aromatic N) is 1. The summed E-state index contributed by atoms with van der Waals surface area (Å²) < 4.78 is 13.3. The molecule has 0 saturated heterocycles. The second-order valence-corrected chi connectivity index (χ2v) is 4.77. The topological polar surface area (TPSA) is 90.5 Å². The molecule has 6 nitrogen and oxygen atoms in total. The van der Waals surface area contributed by atoms with Crippen molar-refractivity contribution in [2.45, 2.75) is 13.3 Å². The van der Waals surface area contributed by atoms with Gasteiger partial charge in [-0.2, -0.15) is 0 Å². The zero-order chi connectivity index (χ0) is 16.3. The quantitative estimate of drug-likeness (QED) is 0.878. The largest absolute Gasteiger partial charge is 0.481 e. The standard InChI is InChI=1S/C15H15FN2O4/c1-2-18(6-5-14(20)21)15(22)11-8-13(19)17-12-7-9(16)3-4-10(11)12/h3-4,7-8H,2,5-6H2,1H3,(H,17,19)(H,20,21). The summed E-state index contributed by atoms with van der Waals surface area (Å²) in [5.74, 6) is -1.98. The molecule has 0 unspecified atom stereocenters. The van der Waals surface area contributed by atoms with Gasteiger partial charge in [0.2, 0.25) is 5.56 Å². The third kappa shape index (κ3) is 3.30. The summed E-state index contributed by atoms with van der Waals surface area (Å²) in [5.41, 5.74) is -0.160. The van der Waals surface area contributed by atoms with Crippen molar-refractivity contribution >= 4 is 22.8 Å². The number of pyridine rings is 1. The number of nitrogens with one attached hydrogen (secondary N) is 1. The minimum Gasteiger partial charge on any atom is -0.481 e. The minimum absolute atomic E-state index is 0.0418. The van der Waals surface area contributed by atoms with Crippen molar-refractivity contribution in [2.75, 3.05) is 13.1 Å².